The molecule has 4 rings (SSSR count). The fraction of sp³-hybridized carbons (Fsp3) is 0.286. The highest BCUT2D eigenvalue weighted by Gasteiger charge is 2.26. The molecule has 3 nitrogen and oxygen atoms in total. The zero-order valence-corrected chi connectivity index (χ0v) is 14.3. The van der Waals surface area contributed by atoms with Gasteiger partial charge in [-0.25, -0.2) is 4.39 Å². The third-order valence-corrected chi connectivity index (χ3v) is 5.16. The van der Waals surface area contributed by atoms with Crippen LogP contribution in [0.1, 0.15) is 40.2 Å². The van der Waals surface area contributed by atoms with E-state index < -0.39 is 0 Å². The summed E-state index contributed by atoms with van der Waals surface area (Å²) in [4.78, 5) is 17.8. The summed E-state index contributed by atoms with van der Waals surface area (Å²) < 4.78 is 13.6. The van der Waals surface area contributed by atoms with Gasteiger partial charge in [-0.2, -0.15) is 0 Å². The van der Waals surface area contributed by atoms with E-state index >= 15 is 0 Å². The average molecular weight is 336 g/mol. The number of carbonyl (C=O) groups excluding carboxylic acids is 1. The molecule has 3 aromatic rings. The van der Waals surface area contributed by atoms with Crippen LogP contribution in [0.15, 0.2) is 48.7 Å². The van der Waals surface area contributed by atoms with Gasteiger partial charge in [-0.1, -0.05) is 17.7 Å². The van der Waals surface area contributed by atoms with Crippen molar-refractivity contribution in [2.75, 3.05) is 13.1 Å². The fourth-order valence-electron chi connectivity index (χ4n) is 3.81. The largest absolute Gasteiger partial charge is 0.361 e. The van der Waals surface area contributed by atoms with Crippen molar-refractivity contribution in [1.82, 2.24) is 9.88 Å². The first-order valence-corrected chi connectivity index (χ1v) is 8.74. The third kappa shape index (κ3) is 3.04. The van der Waals surface area contributed by atoms with E-state index in [1.54, 1.807) is 12.1 Å². The van der Waals surface area contributed by atoms with Gasteiger partial charge in [0.2, 0.25) is 0 Å². The Morgan fingerprint density at radius 2 is 1.96 bits per heavy atom. The van der Waals surface area contributed by atoms with Crippen LogP contribution in [0.5, 0.6) is 0 Å². The molecule has 2 heterocycles. The number of hydrogen-bond donors (Lipinski definition) is 1. The third-order valence-electron chi connectivity index (χ3n) is 5.16. The molecule has 1 N–H and O–H groups in total. The Bertz CT molecular complexity index is 923. The van der Waals surface area contributed by atoms with Crippen molar-refractivity contribution in [1.29, 1.82) is 0 Å². The first-order chi connectivity index (χ1) is 12.1. The molecule has 1 aliphatic rings. The van der Waals surface area contributed by atoms with E-state index in [0.29, 0.717) is 5.92 Å². The summed E-state index contributed by atoms with van der Waals surface area (Å²) in [5.41, 5.74) is 3.99. The summed E-state index contributed by atoms with van der Waals surface area (Å²) in [6, 6.07) is 12.6. The summed E-state index contributed by atoms with van der Waals surface area (Å²) in [5, 5.41) is 0.962. The minimum Gasteiger partial charge on any atom is -0.361 e. The number of halogens is 1. The van der Waals surface area contributed by atoms with E-state index in [1.165, 1.54) is 6.07 Å². The molecule has 1 aromatic heterocycles. The number of H-pyrrole nitrogens is 1. The van der Waals surface area contributed by atoms with Gasteiger partial charge in [0.05, 0.1) is 0 Å². The van der Waals surface area contributed by atoms with Crippen molar-refractivity contribution >= 4 is 16.8 Å². The van der Waals surface area contributed by atoms with E-state index in [2.05, 4.69) is 4.98 Å². The lowest BCUT2D eigenvalue weighted by Gasteiger charge is -2.32. The summed E-state index contributed by atoms with van der Waals surface area (Å²) >= 11 is 0. The van der Waals surface area contributed by atoms with Gasteiger partial charge in [-0.3, -0.25) is 4.79 Å². The highest BCUT2D eigenvalue weighted by molar-refractivity contribution is 5.94. The van der Waals surface area contributed by atoms with Crippen LogP contribution in [0.4, 0.5) is 4.39 Å². The Hall–Kier alpha value is -2.62. The van der Waals surface area contributed by atoms with Gasteiger partial charge in [0, 0.05) is 35.8 Å². The maximum absolute atomic E-state index is 13.6. The van der Waals surface area contributed by atoms with Crippen molar-refractivity contribution in [2.45, 2.75) is 25.7 Å². The number of aromatic nitrogens is 1. The first kappa shape index (κ1) is 15.9. The number of aromatic amines is 1. The van der Waals surface area contributed by atoms with Crippen molar-refractivity contribution in [3.8, 4) is 0 Å². The molecular formula is C21H21FN2O. The van der Waals surface area contributed by atoms with Crippen LogP contribution in [-0.2, 0) is 0 Å². The number of aryl methyl sites for hydroxylation is 1. The predicted octanol–water partition coefficient (Wildman–Crippen LogP) is 4.64. The highest BCUT2D eigenvalue weighted by Crippen LogP contribution is 2.33. The van der Waals surface area contributed by atoms with E-state index in [-0.39, 0.29) is 11.7 Å². The molecule has 0 radical (unpaired) electrons. The molecule has 128 valence electrons. The van der Waals surface area contributed by atoms with Crippen LogP contribution < -0.4 is 0 Å². The second kappa shape index (κ2) is 6.36. The van der Waals surface area contributed by atoms with Gasteiger partial charge >= 0.3 is 0 Å². The van der Waals surface area contributed by atoms with E-state index in [9.17, 15) is 9.18 Å². The van der Waals surface area contributed by atoms with E-state index in [0.717, 1.165) is 53.5 Å². The number of nitrogens with zero attached hydrogens (tertiary/aromatic N) is 1. The number of amides is 1. The van der Waals surface area contributed by atoms with Gasteiger partial charge in [0.15, 0.2) is 0 Å². The van der Waals surface area contributed by atoms with Gasteiger partial charge in [0.25, 0.3) is 5.91 Å². The molecule has 1 fully saturated rings. The second-order valence-corrected chi connectivity index (χ2v) is 6.87. The minimum absolute atomic E-state index is 0.104. The normalized spacial score (nSPS) is 15.7. The van der Waals surface area contributed by atoms with Crippen molar-refractivity contribution in [2.24, 2.45) is 0 Å². The molecule has 1 amide bonds. The molecule has 1 aliphatic heterocycles. The molecule has 0 atom stereocenters. The Morgan fingerprint density at radius 1 is 1.16 bits per heavy atom. The van der Waals surface area contributed by atoms with Crippen molar-refractivity contribution in [3.63, 3.8) is 0 Å². The summed E-state index contributed by atoms with van der Waals surface area (Å²) in [5.74, 6) is 0.254. The zero-order chi connectivity index (χ0) is 17.4. The number of piperidine rings is 1. The van der Waals surface area contributed by atoms with E-state index in [1.807, 2.05) is 42.3 Å². The maximum Gasteiger partial charge on any atom is 0.253 e. The monoisotopic (exact) mass is 336 g/mol. The lowest BCUT2D eigenvalue weighted by molar-refractivity contribution is 0.0713. The van der Waals surface area contributed by atoms with Crippen LogP contribution in [0, 0.1) is 12.7 Å². The Balaban J connectivity index is 1.49. The predicted molar refractivity (Wildman–Crippen MR) is 97.3 cm³/mol. The van der Waals surface area contributed by atoms with Crippen LogP contribution in [-0.4, -0.2) is 28.9 Å². The topological polar surface area (TPSA) is 36.1 Å². The molecule has 0 spiro atoms. The number of benzene rings is 2. The molecule has 0 unspecified atom stereocenters. The quantitative estimate of drug-likeness (QED) is 0.727. The lowest BCUT2D eigenvalue weighted by atomic mass is 9.89. The molecule has 25 heavy (non-hydrogen) atoms. The molecule has 1 saturated heterocycles. The van der Waals surface area contributed by atoms with Gasteiger partial charge in [-0.15, -0.1) is 0 Å². The molecule has 4 heteroatoms. The molecular weight excluding hydrogens is 315 g/mol. The molecule has 0 saturated carbocycles. The summed E-state index contributed by atoms with van der Waals surface area (Å²) in [7, 11) is 0. The number of carbonyl (C=O) groups is 1. The first-order valence-electron chi connectivity index (χ1n) is 8.74. The van der Waals surface area contributed by atoms with Gasteiger partial charge < -0.3 is 9.88 Å². The van der Waals surface area contributed by atoms with Crippen molar-refractivity contribution < 1.29 is 9.18 Å². The lowest BCUT2D eigenvalue weighted by Crippen LogP contribution is -2.37. The van der Waals surface area contributed by atoms with Crippen molar-refractivity contribution in [3.05, 3.63) is 71.2 Å². The molecule has 0 aliphatic carbocycles. The number of fused-ring (bicyclic) bond motifs is 1. The SMILES string of the molecule is Cc1cccc(C(=O)N2CCC(c3c[nH]c4ccc(F)cc34)CC2)c1. The van der Waals surface area contributed by atoms with Gasteiger partial charge in [-0.05, 0) is 61.6 Å². The summed E-state index contributed by atoms with van der Waals surface area (Å²) in [6.07, 6.45) is 3.80. The second-order valence-electron chi connectivity index (χ2n) is 6.87. The van der Waals surface area contributed by atoms with Crippen LogP contribution in [0.2, 0.25) is 0 Å². The van der Waals surface area contributed by atoms with Gasteiger partial charge in [0.1, 0.15) is 5.82 Å². The van der Waals surface area contributed by atoms with Crippen LogP contribution in [0.25, 0.3) is 10.9 Å². The van der Waals surface area contributed by atoms with E-state index in [4.69, 9.17) is 0 Å². The zero-order valence-electron chi connectivity index (χ0n) is 14.3. The Kier molecular flexibility index (Phi) is 4.04. The maximum atomic E-state index is 13.6. The van der Waals surface area contributed by atoms with Crippen LogP contribution >= 0.6 is 0 Å². The molecule has 2 aromatic carbocycles. The Labute approximate surface area is 146 Å². The van der Waals surface area contributed by atoms with Crippen LogP contribution in [0.3, 0.4) is 0 Å². The fourth-order valence-corrected chi connectivity index (χ4v) is 3.81. The standard InChI is InChI=1S/C21H21FN2O/c1-14-3-2-4-16(11-14)21(25)24-9-7-15(8-10-24)19-13-23-20-6-5-17(22)12-18(19)20/h2-6,11-13,15,23H,7-10H2,1H3. The average Bonchev–Trinajstić information content (AvgIpc) is 3.04. The minimum atomic E-state index is -0.208. The molecule has 0 bridgehead atoms. The smallest absolute Gasteiger partial charge is 0.253 e. The summed E-state index contributed by atoms with van der Waals surface area (Å²) in [6.45, 7) is 3.47. The number of nitrogens with one attached hydrogen (secondary N) is 1. The highest BCUT2D eigenvalue weighted by atomic mass is 19.1. The number of likely N-dealkylation sites (tertiary alicyclic amines) is 1. The Morgan fingerprint density at radius 3 is 2.72 bits per heavy atom. The number of hydrogen-bond acceptors (Lipinski definition) is 1. The number of rotatable bonds is 2.